The first-order valence-corrected chi connectivity index (χ1v) is 10.9. The molecule has 0 N–H and O–H groups in total. The van der Waals surface area contributed by atoms with E-state index in [2.05, 4.69) is 18.7 Å². The summed E-state index contributed by atoms with van der Waals surface area (Å²) < 4.78 is 52.8. The van der Waals surface area contributed by atoms with Crippen molar-refractivity contribution in [2.45, 2.75) is 39.4 Å². The lowest BCUT2D eigenvalue weighted by Gasteiger charge is -2.29. The van der Waals surface area contributed by atoms with Crippen LogP contribution in [0.1, 0.15) is 43.4 Å². The van der Waals surface area contributed by atoms with Crippen LogP contribution >= 0.6 is 0 Å². The van der Waals surface area contributed by atoms with Gasteiger partial charge in [-0.05, 0) is 41.2 Å². The lowest BCUT2D eigenvalue weighted by molar-refractivity contribution is -0.137. The van der Waals surface area contributed by atoms with Crippen molar-refractivity contribution in [1.82, 2.24) is 9.80 Å². The fourth-order valence-electron chi connectivity index (χ4n) is 4.52. The number of likely N-dealkylation sites (tertiary alicyclic amines) is 1. The van der Waals surface area contributed by atoms with Crippen LogP contribution in [0.3, 0.4) is 0 Å². The summed E-state index contributed by atoms with van der Waals surface area (Å²) in [5.74, 6) is 0.192. The van der Waals surface area contributed by atoms with Gasteiger partial charge in [-0.25, -0.2) is 4.39 Å². The van der Waals surface area contributed by atoms with E-state index in [1.54, 1.807) is 25.1 Å². The standard InChI is InChI=1S/C25H30F4N2O/c1-17(2)12-31(18(3)32)15-21-14-30(16-24(21)20-7-9-23(26)10-8-20)13-19-5-4-6-22(11-19)25(27,28)29/h4-11,17,21,24H,12-16H2,1-3H3/t21-,24+/m0/s1. The zero-order chi connectivity index (χ0) is 23.5. The Kier molecular flexibility index (Phi) is 7.59. The molecule has 3 nitrogen and oxygen atoms in total. The molecule has 174 valence electrons. The molecule has 7 heteroatoms. The molecule has 0 saturated carbocycles. The van der Waals surface area contributed by atoms with E-state index >= 15 is 0 Å². The Labute approximate surface area is 187 Å². The fourth-order valence-corrected chi connectivity index (χ4v) is 4.52. The summed E-state index contributed by atoms with van der Waals surface area (Å²) in [4.78, 5) is 16.2. The van der Waals surface area contributed by atoms with Gasteiger partial charge in [0.1, 0.15) is 5.82 Å². The Morgan fingerprint density at radius 3 is 2.41 bits per heavy atom. The number of alkyl halides is 3. The summed E-state index contributed by atoms with van der Waals surface area (Å²) >= 11 is 0. The van der Waals surface area contributed by atoms with Crippen LogP contribution < -0.4 is 0 Å². The Bertz CT molecular complexity index is 911. The second-order valence-electron chi connectivity index (χ2n) is 9.13. The largest absolute Gasteiger partial charge is 0.416 e. The van der Waals surface area contributed by atoms with Gasteiger partial charge in [-0.1, -0.05) is 44.2 Å². The quantitative estimate of drug-likeness (QED) is 0.516. The highest BCUT2D eigenvalue weighted by molar-refractivity contribution is 5.73. The van der Waals surface area contributed by atoms with Crippen LogP contribution in [0.25, 0.3) is 0 Å². The minimum Gasteiger partial charge on any atom is -0.342 e. The van der Waals surface area contributed by atoms with Crippen LogP contribution in [0.5, 0.6) is 0 Å². The third kappa shape index (κ3) is 6.31. The van der Waals surface area contributed by atoms with Gasteiger partial charge in [-0.15, -0.1) is 0 Å². The highest BCUT2D eigenvalue weighted by Gasteiger charge is 2.36. The molecular weight excluding hydrogens is 420 g/mol. The summed E-state index contributed by atoms with van der Waals surface area (Å²) in [6.07, 6.45) is -4.38. The van der Waals surface area contributed by atoms with Crippen molar-refractivity contribution in [2.75, 3.05) is 26.2 Å². The molecule has 3 rings (SSSR count). The molecule has 1 saturated heterocycles. The maximum Gasteiger partial charge on any atom is 0.416 e. The number of benzene rings is 2. The Hall–Kier alpha value is -2.41. The molecule has 0 radical (unpaired) electrons. The molecule has 1 heterocycles. The summed E-state index contributed by atoms with van der Waals surface area (Å²) in [5, 5.41) is 0. The molecule has 2 aromatic rings. The fraction of sp³-hybridized carbons (Fsp3) is 0.480. The van der Waals surface area contributed by atoms with Crippen molar-refractivity contribution >= 4 is 5.91 Å². The first-order chi connectivity index (χ1) is 15.0. The number of hydrogen-bond donors (Lipinski definition) is 0. The van der Waals surface area contributed by atoms with Gasteiger partial charge in [0, 0.05) is 45.6 Å². The number of hydrogen-bond acceptors (Lipinski definition) is 2. The SMILES string of the molecule is CC(=O)N(CC(C)C)C[C@@H]1CN(Cc2cccc(C(F)(F)F)c2)C[C@@H]1c1ccc(F)cc1. The molecule has 32 heavy (non-hydrogen) atoms. The van der Waals surface area contributed by atoms with Crippen LogP contribution in [-0.4, -0.2) is 41.9 Å². The van der Waals surface area contributed by atoms with Gasteiger partial charge in [0.15, 0.2) is 0 Å². The third-order valence-electron chi connectivity index (χ3n) is 5.96. The van der Waals surface area contributed by atoms with Crippen molar-refractivity contribution in [3.63, 3.8) is 0 Å². The molecule has 1 amide bonds. The molecule has 1 fully saturated rings. The second kappa shape index (κ2) is 10.0. The third-order valence-corrected chi connectivity index (χ3v) is 5.96. The number of rotatable bonds is 7. The van der Waals surface area contributed by atoms with Gasteiger partial charge in [-0.2, -0.15) is 13.2 Å². The van der Waals surface area contributed by atoms with E-state index in [1.165, 1.54) is 24.3 Å². The topological polar surface area (TPSA) is 23.6 Å². The predicted molar refractivity (Wildman–Crippen MR) is 116 cm³/mol. The maximum absolute atomic E-state index is 13.5. The van der Waals surface area contributed by atoms with Gasteiger partial charge in [0.2, 0.25) is 5.91 Å². The summed E-state index contributed by atoms with van der Waals surface area (Å²) in [7, 11) is 0. The van der Waals surface area contributed by atoms with Gasteiger partial charge in [0.25, 0.3) is 0 Å². The summed E-state index contributed by atoms with van der Waals surface area (Å²) in [6.45, 7) is 8.57. The van der Waals surface area contributed by atoms with Crippen LogP contribution in [0.4, 0.5) is 17.6 Å². The molecule has 2 atom stereocenters. The van der Waals surface area contributed by atoms with Gasteiger partial charge >= 0.3 is 6.18 Å². The van der Waals surface area contributed by atoms with Crippen LogP contribution in [-0.2, 0) is 17.5 Å². The molecule has 0 spiro atoms. The number of nitrogens with zero attached hydrogens (tertiary/aromatic N) is 2. The van der Waals surface area contributed by atoms with Gasteiger partial charge < -0.3 is 4.90 Å². The van der Waals surface area contributed by atoms with E-state index in [4.69, 9.17) is 0 Å². The highest BCUT2D eigenvalue weighted by Crippen LogP contribution is 2.35. The summed E-state index contributed by atoms with van der Waals surface area (Å²) in [6, 6.07) is 11.8. The van der Waals surface area contributed by atoms with E-state index in [0.717, 1.165) is 11.6 Å². The second-order valence-corrected chi connectivity index (χ2v) is 9.13. The molecule has 0 aliphatic carbocycles. The first-order valence-electron chi connectivity index (χ1n) is 10.9. The van der Waals surface area contributed by atoms with Crippen molar-refractivity contribution in [3.05, 3.63) is 71.0 Å². The molecule has 2 aromatic carbocycles. The Balaban J connectivity index is 1.81. The monoisotopic (exact) mass is 450 g/mol. The Morgan fingerprint density at radius 1 is 1.12 bits per heavy atom. The molecule has 0 bridgehead atoms. The zero-order valence-electron chi connectivity index (χ0n) is 18.7. The van der Waals surface area contributed by atoms with E-state index in [0.29, 0.717) is 44.2 Å². The molecular formula is C25H30F4N2O. The van der Waals surface area contributed by atoms with Crippen molar-refractivity contribution in [1.29, 1.82) is 0 Å². The average molecular weight is 451 g/mol. The van der Waals surface area contributed by atoms with Crippen LogP contribution in [0.15, 0.2) is 48.5 Å². The minimum atomic E-state index is -4.38. The van der Waals surface area contributed by atoms with Gasteiger partial charge in [-0.3, -0.25) is 9.69 Å². The highest BCUT2D eigenvalue weighted by atomic mass is 19.4. The normalized spacial score (nSPS) is 19.5. The van der Waals surface area contributed by atoms with E-state index in [-0.39, 0.29) is 23.6 Å². The lowest BCUT2D eigenvalue weighted by atomic mass is 9.88. The van der Waals surface area contributed by atoms with Crippen molar-refractivity contribution < 1.29 is 22.4 Å². The van der Waals surface area contributed by atoms with Crippen molar-refractivity contribution in [2.24, 2.45) is 11.8 Å². The maximum atomic E-state index is 13.5. The lowest BCUT2D eigenvalue weighted by Crippen LogP contribution is -2.38. The minimum absolute atomic E-state index is 0.00730. The Morgan fingerprint density at radius 2 is 1.81 bits per heavy atom. The predicted octanol–water partition coefficient (Wildman–Crippen LogP) is 5.56. The number of carbonyl (C=O) groups is 1. The van der Waals surface area contributed by atoms with E-state index < -0.39 is 11.7 Å². The zero-order valence-corrected chi connectivity index (χ0v) is 18.7. The first kappa shape index (κ1) is 24.2. The van der Waals surface area contributed by atoms with Gasteiger partial charge in [0.05, 0.1) is 5.56 Å². The number of carbonyl (C=O) groups excluding carboxylic acids is 1. The molecule has 1 aliphatic heterocycles. The molecule has 0 aromatic heterocycles. The smallest absolute Gasteiger partial charge is 0.342 e. The van der Waals surface area contributed by atoms with Crippen molar-refractivity contribution in [3.8, 4) is 0 Å². The average Bonchev–Trinajstić information content (AvgIpc) is 3.09. The summed E-state index contributed by atoms with van der Waals surface area (Å²) in [5.41, 5.74) is 0.931. The van der Waals surface area contributed by atoms with E-state index in [9.17, 15) is 22.4 Å². The molecule has 1 aliphatic rings. The van der Waals surface area contributed by atoms with Crippen LogP contribution in [0, 0.1) is 17.7 Å². The molecule has 0 unspecified atom stereocenters. The number of halogens is 4. The van der Waals surface area contributed by atoms with E-state index in [1.807, 2.05) is 4.90 Å². The number of amides is 1. The van der Waals surface area contributed by atoms with Crippen LogP contribution in [0.2, 0.25) is 0 Å².